The third-order valence-corrected chi connectivity index (χ3v) is 5.57. The van der Waals surface area contributed by atoms with Gasteiger partial charge in [-0.05, 0) is 37.6 Å². The van der Waals surface area contributed by atoms with E-state index in [-0.39, 0.29) is 36.5 Å². The summed E-state index contributed by atoms with van der Waals surface area (Å²) in [5.41, 5.74) is 2.16. The Balaban J connectivity index is 1.66. The molecule has 0 saturated carbocycles. The van der Waals surface area contributed by atoms with Crippen LogP contribution in [0.2, 0.25) is 0 Å². The van der Waals surface area contributed by atoms with Crippen molar-refractivity contribution >= 4 is 29.3 Å². The highest BCUT2D eigenvalue weighted by Crippen LogP contribution is 2.37. The van der Waals surface area contributed by atoms with Gasteiger partial charge in [0.25, 0.3) is 5.91 Å². The second-order valence-corrected chi connectivity index (χ2v) is 8.42. The summed E-state index contributed by atoms with van der Waals surface area (Å²) in [6.07, 6.45) is 6.64. The van der Waals surface area contributed by atoms with Gasteiger partial charge in [-0.2, -0.15) is 4.98 Å². The van der Waals surface area contributed by atoms with Gasteiger partial charge in [-0.25, -0.2) is 9.78 Å². The highest BCUT2D eigenvalue weighted by molar-refractivity contribution is 5.99. The first kappa shape index (κ1) is 23.7. The Kier molecular flexibility index (Phi) is 6.66. The lowest BCUT2D eigenvalue weighted by molar-refractivity contribution is 0.00953. The van der Waals surface area contributed by atoms with Crippen LogP contribution in [-0.2, 0) is 10.3 Å². The quantitative estimate of drug-likeness (QED) is 0.292. The summed E-state index contributed by atoms with van der Waals surface area (Å²) in [6, 6.07) is 14.0. The van der Waals surface area contributed by atoms with E-state index in [0.717, 1.165) is 11.1 Å². The maximum absolute atomic E-state index is 12.7. The third-order valence-electron chi connectivity index (χ3n) is 5.57. The van der Waals surface area contributed by atoms with Crippen LogP contribution >= 0.6 is 0 Å². The summed E-state index contributed by atoms with van der Waals surface area (Å²) in [5.74, 6) is 1.99. The van der Waals surface area contributed by atoms with Crippen LogP contribution in [0.15, 0.2) is 54.7 Å². The van der Waals surface area contributed by atoms with E-state index in [1.165, 1.54) is 6.20 Å². The van der Waals surface area contributed by atoms with E-state index in [0.29, 0.717) is 11.3 Å². The second kappa shape index (κ2) is 9.83. The molecular weight excluding hydrogens is 446 g/mol. The van der Waals surface area contributed by atoms with Gasteiger partial charge in [0.2, 0.25) is 5.95 Å². The number of carbonyl (C=O) groups excluding carboxylic acids is 2. The summed E-state index contributed by atoms with van der Waals surface area (Å²) in [4.78, 5) is 33.5. The van der Waals surface area contributed by atoms with Crippen molar-refractivity contribution in [3.05, 3.63) is 77.0 Å². The summed E-state index contributed by atoms with van der Waals surface area (Å²) >= 11 is 0. The van der Waals surface area contributed by atoms with Crippen molar-refractivity contribution in [3.63, 3.8) is 0 Å². The molecule has 178 valence electrons. The van der Waals surface area contributed by atoms with Crippen LogP contribution in [0, 0.1) is 12.3 Å². The van der Waals surface area contributed by atoms with Gasteiger partial charge in [-0.1, -0.05) is 36.3 Å². The van der Waals surface area contributed by atoms with Crippen LogP contribution < -0.4 is 16.0 Å². The van der Waals surface area contributed by atoms with Gasteiger partial charge in [-0.3, -0.25) is 4.79 Å². The first-order valence-corrected chi connectivity index (χ1v) is 11.0. The van der Waals surface area contributed by atoms with Crippen molar-refractivity contribution in [3.8, 4) is 12.3 Å². The molecule has 0 aliphatic carbocycles. The van der Waals surface area contributed by atoms with Crippen molar-refractivity contribution < 1.29 is 19.4 Å². The van der Waals surface area contributed by atoms with Gasteiger partial charge >= 0.3 is 5.97 Å². The minimum Gasteiger partial charge on any atom is -0.451 e. The summed E-state index contributed by atoms with van der Waals surface area (Å²) in [7, 11) is 0. The second-order valence-electron chi connectivity index (χ2n) is 8.42. The number of benzene rings is 2. The number of aromatic nitrogens is 2. The number of nitrogens with one attached hydrogen (secondary N) is 3. The number of hydrogen-bond donors (Lipinski definition) is 4. The van der Waals surface area contributed by atoms with Gasteiger partial charge in [0.1, 0.15) is 17.0 Å². The van der Waals surface area contributed by atoms with Crippen molar-refractivity contribution in [1.29, 1.82) is 0 Å². The number of cyclic esters (lactones) is 1. The average molecular weight is 472 g/mol. The lowest BCUT2D eigenvalue weighted by atomic mass is 9.95. The largest absolute Gasteiger partial charge is 0.451 e. The van der Waals surface area contributed by atoms with Crippen LogP contribution in [0.4, 0.5) is 17.5 Å². The molecule has 1 aromatic heterocycles. The molecule has 3 aromatic rings. The minimum absolute atomic E-state index is 0.0477. The fourth-order valence-electron chi connectivity index (χ4n) is 3.80. The van der Waals surface area contributed by atoms with Crippen LogP contribution in [-0.4, -0.2) is 40.1 Å². The molecule has 2 heterocycles. The fraction of sp³-hybridized carbons (Fsp3) is 0.231. The number of hydrogen-bond acceptors (Lipinski definition) is 8. The van der Waals surface area contributed by atoms with Crippen LogP contribution in [0.3, 0.4) is 0 Å². The predicted octanol–water partition coefficient (Wildman–Crippen LogP) is 3.13. The number of amides is 1. The molecule has 0 radical (unpaired) electrons. The topological polar surface area (TPSA) is 125 Å². The molecule has 1 aliphatic heterocycles. The molecule has 2 aromatic carbocycles. The Labute approximate surface area is 203 Å². The van der Waals surface area contributed by atoms with E-state index in [4.69, 9.17) is 11.2 Å². The van der Waals surface area contributed by atoms with Crippen molar-refractivity contribution in [2.45, 2.75) is 25.5 Å². The highest BCUT2D eigenvalue weighted by atomic mass is 16.6. The number of anilines is 3. The Morgan fingerprint density at radius 2 is 2.00 bits per heavy atom. The van der Waals surface area contributed by atoms with Gasteiger partial charge < -0.3 is 25.8 Å². The SMILES string of the molecule is C#CCNC(=O)c1cnc(Nc2ccc3c(c2)C(C)(C)OC3=O)nc1N[C@H](CO)c1ccccc1. The molecule has 4 N–H and O–H groups in total. The number of aliphatic hydroxyl groups is 1. The maximum atomic E-state index is 12.7. The Morgan fingerprint density at radius 3 is 2.71 bits per heavy atom. The van der Waals surface area contributed by atoms with Gasteiger partial charge in [-0.15, -0.1) is 6.42 Å². The van der Waals surface area contributed by atoms with E-state index in [2.05, 4.69) is 31.8 Å². The molecule has 9 nitrogen and oxygen atoms in total. The molecule has 0 bridgehead atoms. The number of fused-ring (bicyclic) bond motifs is 1. The smallest absolute Gasteiger partial charge is 0.339 e. The molecule has 1 aliphatic rings. The van der Waals surface area contributed by atoms with E-state index < -0.39 is 17.6 Å². The number of terminal acetylenes is 1. The van der Waals surface area contributed by atoms with E-state index >= 15 is 0 Å². The van der Waals surface area contributed by atoms with Crippen molar-refractivity contribution in [2.75, 3.05) is 23.8 Å². The Hall–Kier alpha value is -4.42. The molecular formula is C26H25N5O4. The zero-order valence-electron chi connectivity index (χ0n) is 19.3. The van der Waals surface area contributed by atoms with Gasteiger partial charge in [0, 0.05) is 17.4 Å². The number of carbonyl (C=O) groups is 2. The monoisotopic (exact) mass is 471 g/mol. The molecule has 35 heavy (non-hydrogen) atoms. The molecule has 1 amide bonds. The van der Waals surface area contributed by atoms with Crippen molar-refractivity contribution in [2.24, 2.45) is 0 Å². The Bertz CT molecular complexity index is 1300. The van der Waals surface area contributed by atoms with Gasteiger partial charge in [0.05, 0.1) is 24.8 Å². The van der Waals surface area contributed by atoms with Crippen molar-refractivity contribution in [1.82, 2.24) is 15.3 Å². The zero-order valence-corrected chi connectivity index (χ0v) is 19.3. The highest BCUT2D eigenvalue weighted by Gasteiger charge is 2.37. The molecule has 9 heteroatoms. The van der Waals surface area contributed by atoms with E-state index in [9.17, 15) is 14.7 Å². The molecule has 4 rings (SSSR count). The fourth-order valence-corrected chi connectivity index (χ4v) is 3.80. The normalized spacial score (nSPS) is 14.3. The molecule has 1 atom stereocenters. The number of nitrogens with zero attached hydrogens (tertiary/aromatic N) is 2. The lowest BCUT2D eigenvalue weighted by Crippen LogP contribution is -2.26. The number of esters is 1. The molecule has 0 unspecified atom stereocenters. The maximum Gasteiger partial charge on any atom is 0.339 e. The number of aliphatic hydroxyl groups excluding tert-OH is 1. The lowest BCUT2D eigenvalue weighted by Gasteiger charge is -2.20. The molecule has 0 fully saturated rings. The zero-order chi connectivity index (χ0) is 25.0. The summed E-state index contributed by atoms with van der Waals surface area (Å²) < 4.78 is 5.43. The molecule has 0 spiro atoms. The van der Waals surface area contributed by atoms with Crippen LogP contribution in [0.5, 0.6) is 0 Å². The predicted molar refractivity (Wildman–Crippen MR) is 131 cm³/mol. The first-order valence-electron chi connectivity index (χ1n) is 11.0. The Morgan fingerprint density at radius 1 is 1.23 bits per heavy atom. The van der Waals surface area contributed by atoms with E-state index in [1.807, 2.05) is 50.2 Å². The number of rotatable bonds is 8. The third kappa shape index (κ3) is 5.08. The standard InChI is InChI=1S/C26H25N5O4/c1-4-12-27-23(33)19-14-28-25(31-22(19)30-21(15-32)16-8-6-5-7-9-16)29-17-10-11-18-20(13-17)26(2,3)35-24(18)34/h1,5-11,13-14,21,32H,12,15H2,2-3H3,(H,27,33)(H2,28,29,30,31)/t21-/m1/s1. The van der Waals surface area contributed by atoms with E-state index in [1.54, 1.807) is 12.1 Å². The average Bonchev–Trinajstić information content (AvgIpc) is 3.09. The van der Waals surface area contributed by atoms with Crippen LogP contribution in [0.25, 0.3) is 0 Å². The summed E-state index contributed by atoms with van der Waals surface area (Å²) in [6.45, 7) is 3.46. The van der Waals surface area contributed by atoms with Crippen LogP contribution in [0.1, 0.15) is 51.7 Å². The summed E-state index contributed by atoms with van der Waals surface area (Å²) in [5, 5.41) is 18.8. The number of ether oxygens (including phenoxy) is 1. The van der Waals surface area contributed by atoms with Gasteiger partial charge in [0.15, 0.2) is 0 Å². The minimum atomic E-state index is -0.749. The molecule has 0 saturated heterocycles. The first-order chi connectivity index (χ1) is 16.8.